The van der Waals surface area contributed by atoms with Gasteiger partial charge in [-0.05, 0) is 0 Å². The van der Waals surface area contributed by atoms with Gasteiger partial charge in [-0.2, -0.15) is 5.26 Å². The lowest BCUT2D eigenvalue weighted by Gasteiger charge is -2.26. The van der Waals surface area contributed by atoms with Gasteiger partial charge in [0.15, 0.2) is 11.8 Å². The Kier molecular flexibility index (Phi) is 3.72. The van der Waals surface area contributed by atoms with Gasteiger partial charge < -0.3 is 24.6 Å². The molecule has 118 valence electrons. The van der Waals surface area contributed by atoms with Crippen LogP contribution in [0.2, 0.25) is 5.15 Å². The molecule has 2 aromatic rings. The number of aliphatic hydroxyl groups excluding tert-OH is 2. The maximum absolute atomic E-state index is 10.6. The van der Waals surface area contributed by atoms with Crippen LogP contribution in [0.25, 0.3) is 11.0 Å². The largest absolute Gasteiger partial charge is 0.394 e. The second kappa shape index (κ2) is 5.46. The van der Waals surface area contributed by atoms with Gasteiger partial charge in [-0.3, -0.25) is 0 Å². The maximum Gasteiger partial charge on any atom is 0.199 e. The number of hydrogen-bond acceptors (Lipinski definition) is 7. The molecule has 1 aliphatic rings. The van der Waals surface area contributed by atoms with Crippen molar-refractivity contribution in [3.63, 3.8) is 0 Å². The Labute approximate surface area is 135 Å². The average Bonchev–Trinajstić information content (AvgIpc) is 3.05. The molecule has 0 amide bonds. The van der Waals surface area contributed by atoms with Crippen molar-refractivity contribution in [1.82, 2.24) is 14.5 Å². The van der Waals surface area contributed by atoms with Crippen LogP contribution < -0.4 is 0 Å². The summed E-state index contributed by atoms with van der Waals surface area (Å²) in [5.74, 6) is 2.10. The molecule has 23 heavy (non-hydrogen) atoms. The summed E-state index contributed by atoms with van der Waals surface area (Å²) in [7, 11) is 0. The maximum atomic E-state index is 10.6. The molecule has 0 aliphatic carbocycles. The molecule has 0 radical (unpaired) electrons. The zero-order valence-corrected chi connectivity index (χ0v) is 12.3. The zero-order valence-electron chi connectivity index (χ0n) is 11.6. The molecule has 1 fully saturated rings. The molecule has 0 bridgehead atoms. The number of nitrogens with zero attached hydrogens (tertiary/aromatic N) is 4. The Morgan fingerprint density at radius 3 is 2.87 bits per heavy atom. The highest BCUT2D eigenvalue weighted by Crippen LogP contribution is 2.40. The number of terminal acetylenes is 1. The zero-order chi connectivity index (χ0) is 16.8. The van der Waals surface area contributed by atoms with Crippen molar-refractivity contribution in [2.24, 2.45) is 0 Å². The van der Waals surface area contributed by atoms with Crippen molar-refractivity contribution in [3.05, 3.63) is 23.2 Å². The fourth-order valence-electron chi connectivity index (χ4n) is 2.66. The highest BCUT2D eigenvalue weighted by atomic mass is 35.5. The first-order valence-corrected chi connectivity index (χ1v) is 6.91. The van der Waals surface area contributed by atoms with E-state index >= 15 is 0 Å². The molecule has 0 unspecified atom stereocenters. The third kappa shape index (κ3) is 2.09. The lowest BCUT2D eigenvalue weighted by atomic mass is 9.95. The molecule has 3 heterocycles. The first-order valence-electron chi connectivity index (χ1n) is 6.53. The van der Waals surface area contributed by atoms with Crippen LogP contribution in [-0.4, -0.2) is 54.3 Å². The quantitative estimate of drug-likeness (QED) is 0.503. The molecule has 2 aromatic heterocycles. The molecule has 8 nitrogen and oxygen atoms in total. The van der Waals surface area contributed by atoms with Gasteiger partial charge in [-0.25, -0.2) is 9.97 Å². The number of hydrogen-bond donors (Lipinski definition) is 3. The number of aliphatic hydroxyl groups is 3. The minimum Gasteiger partial charge on any atom is -0.394 e. The molecule has 4 atom stereocenters. The van der Waals surface area contributed by atoms with Crippen LogP contribution >= 0.6 is 11.6 Å². The molecule has 3 rings (SSSR count). The van der Waals surface area contributed by atoms with Crippen LogP contribution in [0.15, 0.2) is 12.5 Å². The predicted molar refractivity (Wildman–Crippen MR) is 78.0 cm³/mol. The number of fused-ring (bicyclic) bond motifs is 1. The van der Waals surface area contributed by atoms with Crippen LogP contribution in [-0.2, 0) is 4.74 Å². The fraction of sp³-hybridized carbons (Fsp3) is 0.357. The molecule has 0 spiro atoms. The highest BCUT2D eigenvalue weighted by Gasteiger charge is 2.55. The number of nitriles is 1. The Morgan fingerprint density at radius 2 is 2.26 bits per heavy atom. The van der Waals surface area contributed by atoms with E-state index in [4.69, 9.17) is 22.8 Å². The topological polar surface area (TPSA) is 124 Å². The second-order valence-electron chi connectivity index (χ2n) is 5.05. The average molecular weight is 335 g/mol. The van der Waals surface area contributed by atoms with E-state index in [1.54, 1.807) is 0 Å². The van der Waals surface area contributed by atoms with E-state index in [0.29, 0.717) is 0 Å². The van der Waals surface area contributed by atoms with Gasteiger partial charge in [0.05, 0.1) is 17.6 Å². The highest BCUT2D eigenvalue weighted by molar-refractivity contribution is 6.34. The van der Waals surface area contributed by atoms with E-state index < -0.39 is 30.6 Å². The second-order valence-corrected chi connectivity index (χ2v) is 5.41. The fourth-order valence-corrected chi connectivity index (χ4v) is 2.89. The molecular formula is C14H11ClN4O4. The third-order valence-corrected chi connectivity index (χ3v) is 4.12. The van der Waals surface area contributed by atoms with E-state index in [-0.39, 0.29) is 21.7 Å². The minimum absolute atomic E-state index is 0.0619. The SMILES string of the molecule is C#C[C@@]1(O)[C@H](O)[C@@H](CO)O[C@H]1n1cc(C#N)c2c(Cl)ncnc21. The van der Waals surface area contributed by atoms with E-state index in [1.165, 1.54) is 17.1 Å². The molecule has 0 aromatic carbocycles. The summed E-state index contributed by atoms with van der Waals surface area (Å²) >= 11 is 6.00. The van der Waals surface area contributed by atoms with Crippen molar-refractivity contribution in [2.75, 3.05) is 6.61 Å². The molecule has 0 saturated carbocycles. The lowest BCUT2D eigenvalue weighted by molar-refractivity contribution is -0.0718. The number of aromatic nitrogens is 3. The lowest BCUT2D eigenvalue weighted by Crippen LogP contribution is -2.45. The van der Waals surface area contributed by atoms with Crippen molar-refractivity contribution < 1.29 is 20.1 Å². The van der Waals surface area contributed by atoms with Crippen molar-refractivity contribution in [3.8, 4) is 18.4 Å². The standard InChI is InChI=1S/C14H11ClN4O4/c1-2-14(22)10(21)8(5-20)23-13(14)19-4-7(3-16)9-11(15)17-6-18-12(9)19/h1,4,6,8,10,13,20-22H,5H2/t8-,10-,13-,14-/m1/s1. The summed E-state index contributed by atoms with van der Waals surface area (Å²) in [6, 6.07) is 1.95. The van der Waals surface area contributed by atoms with Crippen LogP contribution in [0.3, 0.4) is 0 Å². The smallest absolute Gasteiger partial charge is 0.199 e. The first-order chi connectivity index (χ1) is 11.0. The summed E-state index contributed by atoms with van der Waals surface area (Å²) in [5, 5.41) is 39.6. The first kappa shape index (κ1) is 15.7. The Morgan fingerprint density at radius 1 is 1.52 bits per heavy atom. The van der Waals surface area contributed by atoms with Crippen LogP contribution in [0.5, 0.6) is 0 Å². The Balaban J connectivity index is 2.24. The van der Waals surface area contributed by atoms with E-state index in [9.17, 15) is 20.6 Å². The predicted octanol–water partition coefficient (Wildman–Crippen LogP) is -0.429. The van der Waals surface area contributed by atoms with E-state index in [1.807, 2.05) is 6.07 Å². The third-order valence-electron chi connectivity index (χ3n) is 3.83. The summed E-state index contributed by atoms with van der Waals surface area (Å²) in [4.78, 5) is 7.86. The van der Waals surface area contributed by atoms with Crippen LogP contribution in [0.4, 0.5) is 0 Å². The summed E-state index contributed by atoms with van der Waals surface area (Å²) in [5.41, 5.74) is -1.73. The molecule has 1 aliphatic heterocycles. The summed E-state index contributed by atoms with van der Waals surface area (Å²) < 4.78 is 6.78. The Hall–Kier alpha value is -2.20. The van der Waals surface area contributed by atoms with Gasteiger partial charge in [0.2, 0.25) is 0 Å². The van der Waals surface area contributed by atoms with Gasteiger partial charge in [-0.1, -0.05) is 17.5 Å². The normalized spacial score (nSPS) is 30.3. The molecule has 3 N–H and O–H groups in total. The van der Waals surface area contributed by atoms with Gasteiger partial charge in [0, 0.05) is 6.20 Å². The van der Waals surface area contributed by atoms with Crippen molar-refractivity contribution >= 4 is 22.6 Å². The van der Waals surface area contributed by atoms with Crippen LogP contribution in [0.1, 0.15) is 11.8 Å². The van der Waals surface area contributed by atoms with Gasteiger partial charge in [0.25, 0.3) is 0 Å². The van der Waals surface area contributed by atoms with Crippen LogP contribution in [0, 0.1) is 23.7 Å². The molecular weight excluding hydrogens is 324 g/mol. The van der Waals surface area contributed by atoms with Crippen molar-refractivity contribution in [1.29, 1.82) is 5.26 Å². The summed E-state index contributed by atoms with van der Waals surface area (Å²) in [6.45, 7) is -0.540. The monoisotopic (exact) mass is 334 g/mol. The number of halogens is 1. The van der Waals surface area contributed by atoms with E-state index in [2.05, 4.69) is 15.9 Å². The molecule has 9 heteroatoms. The minimum atomic E-state index is -2.11. The number of rotatable bonds is 2. The van der Waals surface area contributed by atoms with Crippen molar-refractivity contribution in [2.45, 2.75) is 24.0 Å². The van der Waals surface area contributed by atoms with Gasteiger partial charge in [-0.15, -0.1) is 6.42 Å². The van der Waals surface area contributed by atoms with Gasteiger partial charge in [0.1, 0.15) is 35.4 Å². The molecule has 1 saturated heterocycles. The Bertz CT molecular complexity index is 855. The van der Waals surface area contributed by atoms with E-state index in [0.717, 1.165) is 0 Å². The van der Waals surface area contributed by atoms with Gasteiger partial charge >= 0.3 is 0 Å². The number of ether oxygens (including phenoxy) is 1. The summed E-state index contributed by atoms with van der Waals surface area (Å²) in [6.07, 6.45) is 4.05.